The van der Waals surface area contributed by atoms with E-state index in [2.05, 4.69) is 34.9 Å². The second kappa shape index (κ2) is 12.8. The Morgan fingerprint density at radius 3 is 2.86 bits per heavy atom. The molecule has 8 rings (SSSR count). The molecule has 0 radical (unpaired) electrons. The Hall–Kier alpha value is -5.57. The largest absolute Gasteiger partial charge is 0.385 e. The zero-order valence-electron chi connectivity index (χ0n) is 26.7. The predicted octanol–water partition coefficient (Wildman–Crippen LogP) is 4.23. The van der Waals surface area contributed by atoms with E-state index in [0.717, 1.165) is 22.7 Å². The van der Waals surface area contributed by atoms with Crippen LogP contribution in [0.25, 0.3) is 39.0 Å². The molecule has 49 heavy (non-hydrogen) atoms. The van der Waals surface area contributed by atoms with E-state index in [9.17, 15) is 13.6 Å². The fourth-order valence-corrected chi connectivity index (χ4v) is 6.95. The molecule has 2 aliphatic heterocycles. The number of nitrogens with one attached hydrogen (secondary N) is 1. The molecular weight excluding hydrogens is 632 g/mol. The average Bonchev–Trinajstić information content (AvgIpc) is 3.84. The standard InChI is InChI=1S/C34H33F2N11O2/c1-49-12-4-11-44-9-3-10-45-20-40-26-6-2-5-23(31(26)45)27-16-37-17-30(43-27)42-22-14-29(34(44)48)46(18-22)32-24-15-41-47(33(24)39-19-38-32)28-8-7-21(35)13-25(28)36/h2,5-8,13,15-17,19-20,22,29H,3-4,9-12,14,18H2,1H3,(H,42,43)/t22-,29-/m0/s1. The van der Waals surface area contributed by atoms with Crippen LogP contribution in [0.1, 0.15) is 19.3 Å². The lowest BCUT2D eigenvalue weighted by molar-refractivity contribution is -0.132. The fourth-order valence-electron chi connectivity index (χ4n) is 6.95. The number of halogens is 2. The monoisotopic (exact) mass is 665 g/mol. The van der Waals surface area contributed by atoms with Gasteiger partial charge in [0.25, 0.3) is 0 Å². The molecule has 2 aromatic carbocycles. The summed E-state index contributed by atoms with van der Waals surface area (Å²) in [6.45, 7) is 2.64. The average molecular weight is 666 g/mol. The first-order valence-electron chi connectivity index (χ1n) is 16.2. The molecule has 0 saturated carbocycles. The number of hydrogen-bond acceptors (Lipinski definition) is 10. The Labute approximate surface area is 279 Å². The first-order valence-corrected chi connectivity index (χ1v) is 16.2. The van der Waals surface area contributed by atoms with Gasteiger partial charge in [-0.05, 0) is 37.5 Å². The van der Waals surface area contributed by atoms with Gasteiger partial charge >= 0.3 is 0 Å². The van der Waals surface area contributed by atoms with Crippen LogP contribution < -0.4 is 10.2 Å². The number of hydrogen-bond donors (Lipinski definition) is 1. The van der Waals surface area contributed by atoms with Crippen LogP contribution in [0.2, 0.25) is 0 Å². The molecule has 0 unspecified atom stereocenters. The van der Waals surface area contributed by atoms with Gasteiger partial charge in [-0.25, -0.2) is 33.4 Å². The minimum atomic E-state index is -0.772. The van der Waals surface area contributed by atoms with E-state index in [4.69, 9.17) is 9.72 Å². The quantitative estimate of drug-likeness (QED) is 0.258. The third-order valence-electron chi connectivity index (χ3n) is 9.16. The van der Waals surface area contributed by atoms with E-state index >= 15 is 0 Å². The second-order valence-electron chi connectivity index (χ2n) is 12.3. The molecule has 1 N–H and O–H groups in total. The molecule has 250 valence electrons. The lowest BCUT2D eigenvalue weighted by Crippen LogP contribution is -2.47. The van der Waals surface area contributed by atoms with Crippen molar-refractivity contribution in [1.29, 1.82) is 0 Å². The van der Waals surface area contributed by atoms with Crippen molar-refractivity contribution in [3.05, 3.63) is 79.3 Å². The summed E-state index contributed by atoms with van der Waals surface area (Å²) < 4.78 is 37.3. The Balaban J connectivity index is 1.20. The van der Waals surface area contributed by atoms with Gasteiger partial charge in [0, 0.05) is 57.6 Å². The minimum absolute atomic E-state index is 0.0324. The van der Waals surface area contributed by atoms with Crippen LogP contribution >= 0.6 is 0 Å². The molecule has 0 aliphatic carbocycles. The van der Waals surface area contributed by atoms with Crippen LogP contribution in [0.4, 0.5) is 20.4 Å². The maximum Gasteiger partial charge on any atom is 0.245 e. The number of anilines is 2. The zero-order chi connectivity index (χ0) is 33.5. The number of rotatable bonds is 6. The van der Waals surface area contributed by atoms with Crippen molar-refractivity contribution in [2.75, 3.05) is 43.6 Å². The van der Waals surface area contributed by atoms with Gasteiger partial charge in [0.2, 0.25) is 5.91 Å². The molecule has 4 bridgehead atoms. The van der Waals surface area contributed by atoms with Gasteiger partial charge < -0.3 is 24.4 Å². The molecule has 0 spiro atoms. The van der Waals surface area contributed by atoms with Crippen molar-refractivity contribution in [2.45, 2.75) is 37.9 Å². The van der Waals surface area contributed by atoms with Crippen LogP contribution in [0.5, 0.6) is 0 Å². The van der Waals surface area contributed by atoms with Gasteiger partial charge in [0.1, 0.15) is 35.5 Å². The van der Waals surface area contributed by atoms with E-state index < -0.39 is 17.7 Å². The molecular formula is C34H33F2N11O2. The Bertz CT molecular complexity index is 2170. The minimum Gasteiger partial charge on any atom is -0.385 e. The van der Waals surface area contributed by atoms with Gasteiger partial charge in [-0.15, -0.1) is 0 Å². The topological polar surface area (TPSA) is 132 Å². The van der Waals surface area contributed by atoms with Crippen molar-refractivity contribution >= 4 is 39.6 Å². The van der Waals surface area contributed by atoms with Gasteiger partial charge in [-0.1, -0.05) is 12.1 Å². The molecule has 15 heteroatoms. The normalized spacial score (nSPS) is 18.1. The summed E-state index contributed by atoms with van der Waals surface area (Å²) in [7, 11) is 1.65. The molecule has 2 atom stereocenters. The summed E-state index contributed by atoms with van der Waals surface area (Å²) in [5.41, 5.74) is 3.87. The molecule has 2 aliphatic rings. The van der Waals surface area contributed by atoms with E-state index in [0.29, 0.717) is 80.4 Å². The van der Waals surface area contributed by atoms with Gasteiger partial charge in [-0.2, -0.15) is 5.10 Å². The molecule has 1 saturated heterocycles. The number of aryl methyl sites for hydroxylation is 1. The summed E-state index contributed by atoms with van der Waals surface area (Å²) in [5.74, 6) is -0.420. The highest BCUT2D eigenvalue weighted by atomic mass is 19.1. The van der Waals surface area contributed by atoms with Crippen LogP contribution in [-0.2, 0) is 16.1 Å². The molecule has 1 amide bonds. The van der Waals surface area contributed by atoms with E-state index in [1.807, 2.05) is 34.3 Å². The van der Waals surface area contributed by atoms with Crippen molar-refractivity contribution < 1.29 is 18.3 Å². The van der Waals surface area contributed by atoms with E-state index in [1.54, 1.807) is 25.7 Å². The van der Waals surface area contributed by atoms with Crippen LogP contribution in [0.3, 0.4) is 0 Å². The number of fused-ring (bicyclic) bond motifs is 6. The number of ether oxygens (including phenoxy) is 1. The van der Waals surface area contributed by atoms with Gasteiger partial charge in [0.15, 0.2) is 11.5 Å². The fraction of sp³-hybridized carbons (Fsp3) is 0.324. The number of nitrogens with zero attached hydrogens (tertiary/aromatic N) is 10. The van der Waals surface area contributed by atoms with Crippen LogP contribution in [0.15, 0.2) is 67.6 Å². The highest BCUT2D eigenvalue weighted by molar-refractivity contribution is 5.93. The van der Waals surface area contributed by atoms with Crippen molar-refractivity contribution in [1.82, 2.24) is 44.2 Å². The number of para-hydroxylation sites is 1. The van der Waals surface area contributed by atoms with Gasteiger partial charge in [0.05, 0.1) is 47.0 Å². The van der Waals surface area contributed by atoms with Gasteiger partial charge in [-0.3, -0.25) is 9.78 Å². The Kier molecular flexibility index (Phi) is 8.03. The molecule has 6 heterocycles. The number of aromatic nitrogens is 8. The zero-order valence-corrected chi connectivity index (χ0v) is 26.7. The Morgan fingerprint density at radius 2 is 1.98 bits per heavy atom. The summed E-state index contributed by atoms with van der Waals surface area (Å²) in [6, 6.07) is 8.49. The van der Waals surface area contributed by atoms with Crippen LogP contribution in [-0.4, -0.2) is 95.5 Å². The maximum absolute atomic E-state index is 14.8. The summed E-state index contributed by atoms with van der Waals surface area (Å²) >= 11 is 0. The smallest absolute Gasteiger partial charge is 0.245 e. The number of imidazole rings is 1. The lowest BCUT2D eigenvalue weighted by Gasteiger charge is -2.31. The van der Waals surface area contributed by atoms with Crippen molar-refractivity contribution in [3.8, 4) is 16.9 Å². The molecule has 4 aromatic heterocycles. The summed E-state index contributed by atoms with van der Waals surface area (Å²) in [5, 5.41) is 8.47. The van der Waals surface area contributed by atoms with E-state index in [-0.39, 0.29) is 17.6 Å². The summed E-state index contributed by atoms with van der Waals surface area (Å²) in [6.07, 6.45) is 10.0. The number of benzene rings is 2. The van der Waals surface area contributed by atoms with Crippen molar-refractivity contribution in [2.24, 2.45) is 0 Å². The van der Waals surface area contributed by atoms with Crippen LogP contribution in [0, 0.1) is 11.6 Å². The Morgan fingerprint density at radius 1 is 1.06 bits per heavy atom. The maximum atomic E-state index is 14.8. The van der Waals surface area contributed by atoms with E-state index in [1.165, 1.54) is 23.1 Å². The third-order valence-corrected chi connectivity index (χ3v) is 9.16. The summed E-state index contributed by atoms with van der Waals surface area (Å²) in [4.78, 5) is 41.6. The number of amides is 1. The molecule has 6 aromatic rings. The molecule has 13 nitrogen and oxygen atoms in total. The highest BCUT2D eigenvalue weighted by Gasteiger charge is 2.41. The molecule has 1 fully saturated rings. The number of carbonyl (C=O) groups is 1. The first-order chi connectivity index (χ1) is 24.0. The lowest BCUT2D eigenvalue weighted by atomic mass is 10.1. The number of methoxy groups -OCH3 is 1. The third kappa shape index (κ3) is 5.69. The van der Waals surface area contributed by atoms with Crippen molar-refractivity contribution in [3.63, 3.8) is 0 Å². The predicted molar refractivity (Wildman–Crippen MR) is 178 cm³/mol. The second-order valence-corrected chi connectivity index (χ2v) is 12.3. The first kappa shape index (κ1) is 30.7. The SMILES string of the molecule is COCCCN1CCCn2cnc3cccc(c32)-c2cncc(n2)N[C@H]2C[C@@H](C1=O)N(c1ncnc3c1cnn3-c1ccc(F)cc1F)C2. The number of carbonyl (C=O) groups excluding carboxylic acids is 1. The highest BCUT2D eigenvalue weighted by Crippen LogP contribution is 2.34.